The third kappa shape index (κ3) is 3.30. The molecule has 0 aliphatic heterocycles. The Morgan fingerprint density at radius 3 is 2.34 bits per heavy atom. The van der Waals surface area contributed by atoms with Crippen LogP contribution in [0.1, 0.15) is 11.3 Å². The summed E-state index contributed by atoms with van der Waals surface area (Å²) in [5.41, 5.74) is -4.57. The average Bonchev–Trinajstić information content (AvgIpc) is 2.62. The summed E-state index contributed by atoms with van der Waals surface area (Å²) in [5.74, 6) is -1.00. The molecule has 0 amide bonds. The van der Waals surface area contributed by atoms with Crippen LogP contribution in [0.25, 0.3) is 16.6 Å². The van der Waals surface area contributed by atoms with Gasteiger partial charge in [0.25, 0.3) is 11.1 Å². The van der Waals surface area contributed by atoms with Gasteiger partial charge in [0.05, 0.1) is 11.2 Å². The van der Waals surface area contributed by atoms with Gasteiger partial charge in [0.2, 0.25) is 0 Å². The van der Waals surface area contributed by atoms with Gasteiger partial charge >= 0.3 is 11.9 Å². The van der Waals surface area contributed by atoms with Gasteiger partial charge in [-0.05, 0) is 25.1 Å². The van der Waals surface area contributed by atoms with Crippen LogP contribution < -0.4 is 16.8 Å². The summed E-state index contributed by atoms with van der Waals surface area (Å²) in [7, 11) is 0.830. The first-order chi connectivity index (χ1) is 13.5. The number of aromatic nitrogens is 3. The first kappa shape index (κ1) is 20.3. The Morgan fingerprint density at radius 2 is 1.76 bits per heavy atom. The SMILES string of the molecule is C=CCn1c(=O)c(C)cc2cc(F)c(-n3c(=O)cc(C(F)(F)F)n(C)c3=O)cc21. The normalized spacial score (nSPS) is 11.8. The highest BCUT2D eigenvalue weighted by Crippen LogP contribution is 2.27. The Kier molecular flexibility index (Phi) is 4.81. The Hall–Kier alpha value is -3.43. The third-order valence-corrected chi connectivity index (χ3v) is 4.50. The van der Waals surface area contributed by atoms with Gasteiger partial charge in [-0.3, -0.25) is 14.2 Å². The molecule has 0 fully saturated rings. The number of alkyl halides is 3. The number of halogens is 4. The predicted octanol–water partition coefficient (Wildman–Crippen LogP) is 2.50. The van der Waals surface area contributed by atoms with Gasteiger partial charge in [-0.25, -0.2) is 13.8 Å². The maximum atomic E-state index is 14.7. The monoisotopic (exact) mass is 409 g/mol. The van der Waals surface area contributed by atoms with Gasteiger partial charge in [0, 0.05) is 30.6 Å². The smallest absolute Gasteiger partial charge is 0.304 e. The minimum absolute atomic E-state index is 0.0714. The second kappa shape index (κ2) is 6.87. The number of allylic oxidation sites excluding steroid dienone is 1. The van der Waals surface area contributed by atoms with Crippen LogP contribution in [0, 0.1) is 12.7 Å². The maximum absolute atomic E-state index is 14.7. The molecule has 0 radical (unpaired) electrons. The summed E-state index contributed by atoms with van der Waals surface area (Å²) in [5, 5.41) is 0.321. The van der Waals surface area contributed by atoms with E-state index in [1.807, 2.05) is 0 Å². The number of rotatable bonds is 3. The summed E-state index contributed by atoms with van der Waals surface area (Å²) in [6.07, 6.45) is -3.50. The molecule has 3 rings (SSSR count). The molecule has 0 aliphatic rings. The Balaban J connectivity index is 2.43. The molecule has 0 saturated carbocycles. The van der Waals surface area contributed by atoms with Crippen molar-refractivity contribution in [1.29, 1.82) is 0 Å². The molecular weight excluding hydrogens is 394 g/mol. The van der Waals surface area contributed by atoms with Gasteiger partial charge in [-0.15, -0.1) is 6.58 Å². The lowest BCUT2D eigenvalue weighted by Crippen LogP contribution is -2.41. The molecule has 3 aromatic rings. The largest absolute Gasteiger partial charge is 0.431 e. The Bertz CT molecular complexity index is 1330. The van der Waals surface area contributed by atoms with E-state index in [-0.39, 0.29) is 28.3 Å². The summed E-state index contributed by atoms with van der Waals surface area (Å²) in [6, 6.07) is 3.76. The minimum Gasteiger partial charge on any atom is -0.304 e. The van der Waals surface area contributed by atoms with Gasteiger partial charge in [-0.1, -0.05) is 6.08 Å². The third-order valence-electron chi connectivity index (χ3n) is 4.50. The molecule has 0 atom stereocenters. The lowest BCUT2D eigenvalue weighted by atomic mass is 10.1. The quantitative estimate of drug-likeness (QED) is 0.493. The van der Waals surface area contributed by atoms with Crippen LogP contribution in [0.2, 0.25) is 0 Å². The van der Waals surface area contributed by atoms with Crippen LogP contribution in [0.15, 0.2) is 51.3 Å². The van der Waals surface area contributed by atoms with Crippen molar-refractivity contribution < 1.29 is 17.6 Å². The summed E-state index contributed by atoms with van der Waals surface area (Å²) in [6.45, 7) is 5.17. The number of aryl methyl sites for hydroxylation is 1. The molecule has 2 heterocycles. The summed E-state index contributed by atoms with van der Waals surface area (Å²) in [4.78, 5) is 37.1. The summed E-state index contributed by atoms with van der Waals surface area (Å²) < 4.78 is 55.6. The van der Waals surface area contributed by atoms with Crippen molar-refractivity contribution in [3.8, 4) is 5.69 Å². The van der Waals surface area contributed by atoms with Crippen LogP contribution in [-0.2, 0) is 19.8 Å². The molecule has 0 saturated heterocycles. The van der Waals surface area contributed by atoms with Crippen molar-refractivity contribution >= 4 is 10.9 Å². The number of hydrogen-bond donors (Lipinski definition) is 0. The highest BCUT2D eigenvalue weighted by Gasteiger charge is 2.35. The second-order valence-corrected chi connectivity index (χ2v) is 6.44. The number of hydrogen-bond acceptors (Lipinski definition) is 3. The van der Waals surface area contributed by atoms with Crippen molar-refractivity contribution in [3.63, 3.8) is 0 Å². The first-order valence-electron chi connectivity index (χ1n) is 8.32. The van der Waals surface area contributed by atoms with Gasteiger partial charge < -0.3 is 4.57 Å². The molecule has 2 aromatic heterocycles. The van der Waals surface area contributed by atoms with Crippen LogP contribution >= 0.6 is 0 Å². The van der Waals surface area contributed by atoms with E-state index in [1.54, 1.807) is 6.92 Å². The number of pyridine rings is 1. The van der Waals surface area contributed by atoms with Crippen molar-refractivity contribution in [3.05, 3.63) is 85.2 Å². The molecule has 1 aromatic carbocycles. The fraction of sp³-hybridized carbons (Fsp3) is 0.211. The average molecular weight is 409 g/mol. The van der Waals surface area contributed by atoms with Crippen molar-refractivity contribution in [2.45, 2.75) is 19.6 Å². The highest BCUT2D eigenvalue weighted by atomic mass is 19.4. The second-order valence-electron chi connectivity index (χ2n) is 6.44. The summed E-state index contributed by atoms with van der Waals surface area (Å²) >= 11 is 0. The number of nitrogens with zero attached hydrogens (tertiary/aromatic N) is 3. The van der Waals surface area contributed by atoms with Crippen LogP contribution in [0.3, 0.4) is 0 Å². The molecular formula is C19H15F4N3O3. The Morgan fingerprint density at radius 1 is 1.10 bits per heavy atom. The van der Waals surface area contributed by atoms with E-state index in [9.17, 15) is 31.9 Å². The zero-order chi connectivity index (χ0) is 21.7. The topological polar surface area (TPSA) is 66.0 Å². The molecule has 0 spiro atoms. The van der Waals surface area contributed by atoms with Crippen LogP contribution in [-0.4, -0.2) is 13.7 Å². The molecule has 29 heavy (non-hydrogen) atoms. The molecule has 10 heteroatoms. The zero-order valence-electron chi connectivity index (χ0n) is 15.4. The molecule has 0 aliphatic carbocycles. The fourth-order valence-electron chi connectivity index (χ4n) is 3.13. The van der Waals surface area contributed by atoms with E-state index in [0.717, 1.165) is 19.2 Å². The number of benzene rings is 1. The number of fused-ring (bicyclic) bond motifs is 1. The highest BCUT2D eigenvalue weighted by molar-refractivity contribution is 5.82. The van der Waals surface area contributed by atoms with Crippen molar-refractivity contribution in [2.24, 2.45) is 7.05 Å². The van der Waals surface area contributed by atoms with E-state index < -0.39 is 34.6 Å². The minimum atomic E-state index is -4.93. The van der Waals surface area contributed by atoms with Gasteiger partial charge in [-0.2, -0.15) is 13.2 Å². The first-order valence-corrected chi connectivity index (χ1v) is 8.32. The van der Waals surface area contributed by atoms with E-state index in [1.165, 1.54) is 16.7 Å². The van der Waals surface area contributed by atoms with Crippen LogP contribution in [0.5, 0.6) is 0 Å². The van der Waals surface area contributed by atoms with Gasteiger partial charge in [0.15, 0.2) is 0 Å². The maximum Gasteiger partial charge on any atom is 0.431 e. The van der Waals surface area contributed by atoms with E-state index in [2.05, 4.69) is 6.58 Å². The molecule has 6 nitrogen and oxygen atoms in total. The predicted molar refractivity (Wildman–Crippen MR) is 98.9 cm³/mol. The lowest BCUT2D eigenvalue weighted by molar-refractivity contribution is -0.144. The van der Waals surface area contributed by atoms with Crippen molar-refractivity contribution in [2.75, 3.05) is 0 Å². The molecule has 0 unspecified atom stereocenters. The van der Waals surface area contributed by atoms with E-state index >= 15 is 0 Å². The standard InChI is InChI=1S/C19H15F4N3O3/c1-4-5-25-13-8-14(12(20)7-11(13)6-10(2)17(25)28)26-16(27)9-15(19(21,22)23)24(3)18(26)29/h4,6-9H,1,5H2,2-3H3. The zero-order valence-corrected chi connectivity index (χ0v) is 15.4. The van der Waals surface area contributed by atoms with Crippen molar-refractivity contribution in [1.82, 2.24) is 13.7 Å². The molecule has 0 bridgehead atoms. The van der Waals surface area contributed by atoms with Gasteiger partial charge in [0.1, 0.15) is 11.5 Å². The fourth-order valence-corrected chi connectivity index (χ4v) is 3.13. The lowest BCUT2D eigenvalue weighted by Gasteiger charge is -2.16. The molecule has 152 valence electrons. The Labute approximate surface area is 160 Å². The van der Waals surface area contributed by atoms with E-state index in [4.69, 9.17) is 0 Å². The van der Waals surface area contributed by atoms with E-state index in [0.29, 0.717) is 15.5 Å². The molecule has 0 N–H and O–H groups in total. The van der Waals surface area contributed by atoms with Crippen LogP contribution in [0.4, 0.5) is 17.6 Å².